The highest BCUT2D eigenvalue weighted by molar-refractivity contribution is 5.98. The minimum atomic E-state index is -0.818. The molecule has 0 spiro atoms. The van der Waals surface area contributed by atoms with E-state index in [9.17, 15) is 0 Å². The molecule has 4 aromatic rings. The Hall–Kier alpha value is -3.64. The maximum Gasteiger partial charge on any atom is 0.180 e. The van der Waals surface area contributed by atoms with Crippen LogP contribution in [0, 0.1) is 0 Å². The van der Waals surface area contributed by atoms with Gasteiger partial charge < -0.3 is 24.4 Å². The molecule has 0 saturated carbocycles. The van der Waals surface area contributed by atoms with E-state index in [2.05, 4.69) is 107 Å². The van der Waals surface area contributed by atoms with Crippen LogP contribution in [0.25, 0.3) is 16.3 Å². The molecule has 4 aromatic carbocycles. The number of para-hydroxylation sites is 1. The molecule has 0 bridgehead atoms. The third-order valence-electron chi connectivity index (χ3n) is 7.94. The van der Waals surface area contributed by atoms with Gasteiger partial charge in [-0.2, -0.15) is 0 Å². The molecule has 2 atom stereocenters. The van der Waals surface area contributed by atoms with E-state index in [1.165, 1.54) is 22.0 Å². The number of fused-ring (bicyclic) bond motifs is 3. The predicted molar refractivity (Wildman–Crippen MR) is 152 cm³/mol. The average Bonchev–Trinajstić information content (AvgIpc) is 3.01. The Morgan fingerprint density at radius 3 is 2.42 bits per heavy atom. The second-order valence-electron chi connectivity index (χ2n) is 10.1. The van der Waals surface area contributed by atoms with Crippen molar-refractivity contribution < 1.29 is 14.2 Å². The maximum absolute atomic E-state index is 7.24. The van der Waals surface area contributed by atoms with E-state index < -0.39 is 5.60 Å². The van der Waals surface area contributed by atoms with E-state index in [0.717, 1.165) is 61.8 Å². The van der Waals surface area contributed by atoms with Gasteiger partial charge in [0.2, 0.25) is 0 Å². The van der Waals surface area contributed by atoms with Crippen LogP contribution in [-0.2, 0) is 15.1 Å². The third kappa shape index (κ3) is 3.99. The number of benzene rings is 4. The Kier molecular flexibility index (Phi) is 6.12. The van der Waals surface area contributed by atoms with Crippen molar-refractivity contribution in [2.24, 2.45) is 0 Å². The molecule has 3 aliphatic heterocycles. The molecule has 1 N–H and O–H groups in total. The highest BCUT2D eigenvalue weighted by atomic mass is 16.5. The molecule has 38 heavy (non-hydrogen) atoms. The summed E-state index contributed by atoms with van der Waals surface area (Å²) in [5.41, 5.74) is 4.90. The third-order valence-corrected chi connectivity index (χ3v) is 7.94. The van der Waals surface area contributed by atoms with Crippen molar-refractivity contribution in [3.63, 3.8) is 0 Å². The van der Waals surface area contributed by atoms with Crippen molar-refractivity contribution in [1.29, 1.82) is 0 Å². The first-order chi connectivity index (χ1) is 18.8. The standard InChI is InChI=1S/C33H32N2O3/c1-2-9-25(10-3-1)33(28-12-6-7-13-29(28)35-17-20-36-21-18-35)22-27(31-23-34-16-19-37-31)32-26-11-5-4-8-24(26)14-15-30(32)38-33/h1-15,22,31,34H,16-21,23H2. The van der Waals surface area contributed by atoms with E-state index >= 15 is 0 Å². The van der Waals surface area contributed by atoms with Gasteiger partial charge in [0.25, 0.3) is 0 Å². The lowest BCUT2D eigenvalue weighted by molar-refractivity contribution is 0.0624. The summed E-state index contributed by atoms with van der Waals surface area (Å²) in [5.74, 6) is 0.885. The van der Waals surface area contributed by atoms with Gasteiger partial charge in [-0.3, -0.25) is 0 Å². The molecular formula is C33H32N2O3. The molecule has 2 fully saturated rings. The second kappa shape index (κ2) is 9.91. The molecule has 0 radical (unpaired) electrons. The van der Waals surface area contributed by atoms with Crippen molar-refractivity contribution >= 4 is 22.0 Å². The first kappa shape index (κ1) is 23.5. The van der Waals surface area contributed by atoms with Gasteiger partial charge in [0.15, 0.2) is 5.60 Å². The molecule has 3 aliphatic rings. The molecule has 3 heterocycles. The Labute approximate surface area is 223 Å². The predicted octanol–water partition coefficient (Wildman–Crippen LogP) is 5.38. The minimum Gasteiger partial charge on any atom is -0.473 e. The number of ether oxygens (including phenoxy) is 3. The topological polar surface area (TPSA) is 43.0 Å². The van der Waals surface area contributed by atoms with Gasteiger partial charge in [0.05, 0.1) is 25.9 Å². The molecule has 5 heteroatoms. The lowest BCUT2D eigenvalue weighted by atomic mass is 9.78. The van der Waals surface area contributed by atoms with Gasteiger partial charge in [0, 0.05) is 48.6 Å². The molecule has 2 saturated heterocycles. The summed E-state index contributed by atoms with van der Waals surface area (Å²) in [6.07, 6.45) is 2.27. The van der Waals surface area contributed by atoms with E-state index in [-0.39, 0.29) is 6.10 Å². The molecule has 0 aromatic heterocycles. The fourth-order valence-corrected chi connectivity index (χ4v) is 6.13. The fourth-order valence-electron chi connectivity index (χ4n) is 6.13. The highest BCUT2D eigenvalue weighted by Gasteiger charge is 2.43. The Morgan fingerprint density at radius 2 is 1.58 bits per heavy atom. The summed E-state index contributed by atoms with van der Waals surface area (Å²) in [6, 6.07) is 32.1. The summed E-state index contributed by atoms with van der Waals surface area (Å²) in [4.78, 5) is 2.43. The quantitative estimate of drug-likeness (QED) is 0.404. The Bertz CT molecular complexity index is 1470. The van der Waals surface area contributed by atoms with E-state index in [1.807, 2.05) is 0 Å². The highest BCUT2D eigenvalue weighted by Crippen LogP contribution is 2.50. The van der Waals surface area contributed by atoms with Crippen LogP contribution in [0.15, 0.2) is 97.1 Å². The van der Waals surface area contributed by atoms with Crippen LogP contribution in [0.3, 0.4) is 0 Å². The van der Waals surface area contributed by atoms with Crippen molar-refractivity contribution in [2.45, 2.75) is 11.7 Å². The summed E-state index contributed by atoms with van der Waals surface area (Å²) >= 11 is 0. The monoisotopic (exact) mass is 504 g/mol. The van der Waals surface area contributed by atoms with Crippen LogP contribution in [0.1, 0.15) is 16.7 Å². The first-order valence-corrected chi connectivity index (χ1v) is 13.6. The molecule has 0 aliphatic carbocycles. The molecular weight excluding hydrogens is 472 g/mol. The SMILES string of the molecule is C1=C(C2CNCCO2)c2c(ccc3ccccc23)OC1(c1ccccc1)c1ccccc1N1CCOCC1. The molecule has 0 amide bonds. The number of nitrogens with one attached hydrogen (secondary N) is 1. The largest absolute Gasteiger partial charge is 0.473 e. The van der Waals surface area contributed by atoms with Crippen LogP contribution < -0.4 is 15.0 Å². The van der Waals surface area contributed by atoms with Crippen LogP contribution in [-0.4, -0.2) is 52.1 Å². The zero-order chi connectivity index (χ0) is 25.4. The normalized spacial score (nSPS) is 23.4. The van der Waals surface area contributed by atoms with Gasteiger partial charge >= 0.3 is 0 Å². The van der Waals surface area contributed by atoms with E-state index in [4.69, 9.17) is 14.2 Å². The van der Waals surface area contributed by atoms with Gasteiger partial charge in [0.1, 0.15) is 5.75 Å². The second-order valence-corrected chi connectivity index (χ2v) is 10.1. The summed E-state index contributed by atoms with van der Waals surface area (Å²) in [5, 5.41) is 5.94. The van der Waals surface area contributed by atoms with Crippen molar-refractivity contribution in [3.05, 3.63) is 114 Å². The summed E-state index contributed by atoms with van der Waals surface area (Å²) < 4.78 is 19.4. The molecule has 5 nitrogen and oxygen atoms in total. The summed E-state index contributed by atoms with van der Waals surface area (Å²) in [7, 11) is 0. The number of anilines is 1. The van der Waals surface area contributed by atoms with Gasteiger partial charge in [-0.1, -0.05) is 78.9 Å². The minimum absolute atomic E-state index is 0.0733. The zero-order valence-electron chi connectivity index (χ0n) is 21.4. The summed E-state index contributed by atoms with van der Waals surface area (Å²) in [6.45, 7) is 5.49. The van der Waals surface area contributed by atoms with Crippen LogP contribution >= 0.6 is 0 Å². The lowest BCUT2D eigenvalue weighted by Crippen LogP contribution is -2.43. The van der Waals surface area contributed by atoms with Gasteiger partial charge in [-0.15, -0.1) is 0 Å². The zero-order valence-corrected chi connectivity index (χ0v) is 21.4. The first-order valence-electron chi connectivity index (χ1n) is 13.6. The van der Waals surface area contributed by atoms with Crippen molar-refractivity contribution in [3.8, 4) is 5.75 Å². The van der Waals surface area contributed by atoms with Gasteiger partial charge in [-0.05, 0) is 34.6 Å². The molecule has 2 unspecified atom stereocenters. The number of rotatable bonds is 4. The number of hydrogen-bond acceptors (Lipinski definition) is 5. The Morgan fingerprint density at radius 1 is 0.789 bits per heavy atom. The van der Waals surface area contributed by atoms with Crippen molar-refractivity contribution in [2.75, 3.05) is 50.9 Å². The van der Waals surface area contributed by atoms with Gasteiger partial charge in [-0.25, -0.2) is 0 Å². The van der Waals surface area contributed by atoms with Crippen molar-refractivity contribution in [1.82, 2.24) is 5.32 Å². The lowest BCUT2D eigenvalue weighted by Gasteiger charge is -2.42. The van der Waals surface area contributed by atoms with Crippen LogP contribution in [0.2, 0.25) is 0 Å². The number of hydrogen-bond donors (Lipinski definition) is 1. The molecule has 192 valence electrons. The molecule has 7 rings (SSSR count). The fraction of sp³-hybridized carbons (Fsp3) is 0.273. The van der Waals surface area contributed by atoms with E-state index in [1.54, 1.807) is 0 Å². The van der Waals surface area contributed by atoms with Crippen LogP contribution in [0.5, 0.6) is 5.75 Å². The Balaban J connectivity index is 1.51. The van der Waals surface area contributed by atoms with E-state index in [0.29, 0.717) is 6.61 Å². The smallest absolute Gasteiger partial charge is 0.180 e. The average molecular weight is 505 g/mol. The number of nitrogens with zero attached hydrogens (tertiary/aromatic N) is 1. The van der Waals surface area contributed by atoms with Crippen LogP contribution in [0.4, 0.5) is 5.69 Å². The maximum atomic E-state index is 7.24. The number of morpholine rings is 2.